The number of morpholine rings is 1. The third-order valence-electron chi connectivity index (χ3n) is 4.78. The van der Waals surface area contributed by atoms with Gasteiger partial charge in [0.1, 0.15) is 5.69 Å². The van der Waals surface area contributed by atoms with Crippen LogP contribution in [-0.2, 0) is 9.53 Å². The molecule has 3 heterocycles. The highest BCUT2D eigenvalue weighted by molar-refractivity contribution is 7.15. The van der Waals surface area contributed by atoms with Gasteiger partial charge in [-0.2, -0.15) is 0 Å². The maximum absolute atomic E-state index is 12.8. The number of hydrogen-bond acceptors (Lipinski definition) is 5. The maximum Gasteiger partial charge on any atom is 0.271 e. The first-order chi connectivity index (χ1) is 14.0. The molecule has 3 aromatic rings. The van der Waals surface area contributed by atoms with Gasteiger partial charge in [-0.3, -0.25) is 14.0 Å². The molecule has 1 fully saturated rings. The van der Waals surface area contributed by atoms with Gasteiger partial charge in [-0.15, -0.1) is 11.3 Å². The van der Waals surface area contributed by atoms with Gasteiger partial charge >= 0.3 is 0 Å². The molecular formula is C21H24N4O3S. The number of carbonyl (C=O) groups excluding carboxylic acids is 2. The van der Waals surface area contributed by atoms with Crippen molar-refractivity contribution in [2.24, 2.45) is 5.92 Å². The van der Waals surface area contributed by atoms with E-state index in [4.69, 9.17) is 4.74 Å². The van der Waals surface area contributed by atoms with E-state index in [1.807, 2.05) is 59.0 Å². The number of amides is 2. The second kappa shape index (κ2) is 8.34. The molecule has 0 aliphatic carbocycles. The summed E-state index contributed by atoms with van der Waals surface area (Å²) in [7, 11) is 0. The third-order valence-corrected chi connectivity index (χ3v) is 5.62. The normalized spacial score (nSPS) is 14.5. The van der Waals surface area contributed by atoms with E-state index in [1.54, 1.807) is 0 Å². The summed E-state index contributed by atoms with van der Waals surface area (Å²) in [5.41, 5.74) is 3.13. The molecule has 4 rings (SSSR count). The van der Waals surface area contributed by atoms with Crippen LogP contribution in [0.2, 0.25) is 0 Å². The topological polar surface area (TPSA) is 75.9 Å². The lowest BCUT2D eigenvalue weighted by Gasteiger charge is -2.26. The zero-order chi connectivity index (χ0) is 20.4. The van der Waals surface area contributed by atoms with E-state index in [0.29, 0.717) is 44.3 Å². The van der Waals surface area contributed by atoms with E-state index in [1.165, 1.54) is 11.3 Å². The molecule has 8 heteroatoms. The monoisotopic (exact) mass is 412 g/mol. The van der Waals surface area contributed by atoms with Crippen LogP contribution in [0.1, 0.15) is 30.8 Å². The molecule has 1 aromatic carbocycles. The minimum Gasteiger partial charge on any atom is -0.378 e. The summed E-state index contributed by atoms with van der Waals surface area (Å²) in [5.74, 6) is 0.343. The van der Waals surface area contributed by atoms with Crippen LogP contribution < -0.4 is 5.32 Å². The first-order valence-corrected chi connectivity index (χ1v) is 10.6. The van der Waals surface area contributed by atoms with Crippen LogP contribution in [0.4, 0.5) is 5.69 Å². The molecule has 0 radical (unpaired) electrons. The number of nitrogens with zero attached hydrogens (tertiary/aromatic N) is 3. The molecule has 1 aliphatic heterocycles. The minimum absolute atomic E-state index is 0.00622. The lowest BCUT2D eigenvalue weighted by molar-refractivity contribution is -0.116. The van der Waals surface area contributed by atoms with Crippen molar-refractivity contribution in [1.82, 2.24) is 14.3 Å². The Morgan fingerprint density at radius 1 is 1.21 bits per heavy atom. The van der Waals surface area contributed by atoms with Gasteiger partial charge in [0.2, 0.25) is 5.91 Å². The zero-order valence-electron chi connectivity index (χ0n) is 16.6. The van der Waals surface area contributed by atoms with E-state index in [-0.39, 0.29) is 11.8 Å². The highest BCUT2D eigenvalue weighted by atomic mass is 32.1. The van der Waals surface area contributed by atoms with Gasteiger partial charge in [0.25, 0.3) is 5.91 Å². The molecule has 1 aliphatic rings. The number of hydrogen-bond donors (Lipinski definition) is 1. The molecule has 29 heavy (non-hydrogen) atoms. The van der Waals surface area contributed by atoms with Crippen LogP contribution in [0.5, 0.6) is 0 Å². The Morgan fingerprint density at radius 2 is 1.93 bits per heavy atom. The van der Waals surface area contributed by atoms with Crippen LogP contribution in [0.15, 0.2) is 35.8 Å². The number of ether oxygens (including phenoxy) is 1. The average Bonchev–Trinajstić information content (AvgIpc) is 3.29. The number of aromatic nitrogens is 2. The summed E-state index contributed by atoms with van der Waals surface area (Å²) in [4.78, 5) is 32.0. The van der Waals surface area contributed by atoms with Crippen LogP contribution >= 0.6 is 11.3 Å². The predicted octanol–water partition coefficient (Wildman–Crippen LogP) is 3.52. The van der Waals surface area contributed by atoms with Crippen LogP contribution in [0.25, 0.3) is 16.2 Å². The Morgan fingerprint density at radius 3 is 2.62 bits per heavy atom. The van der Waals surface area contributed by atoms with E-state index in [9.17, 15) is 9.59 Å². The lowest BCUT2D eigenvalue weighted by atomic mass is 10.1. The second-order valence-corrected chi connectivity index (χ2v) is 8.36. The van der Waals surface area contributed by atoms with Crippen LogP contribution in [0, 0.1) is 5.92 Å². The Labute approximate surface area is 173 Å². The number of nitrogens with one attached hydrogen (secondary N) is 1. The molecule has 0 saturated carbocycles. The van der Waals surface area contributed by atoms with E-state index < -0.39 is 0 Å². The number of fused-ring (bicyclic) bond motifs is 1. The lowest BCUT2D eigenvalue weighted by Crippen LogP contribution is -2.41. The zero-order valence-corrected chi connectivity index (χ0v) is 17.4. The number of rotatable bonds is 5. The van der Waals surface area contributed by atoms with Crippen molar-refractivity contribution in [3.05, 3.63) is 41.5 Å². The van der Waals surface area contributed by atoms with Gasteiger partial charge in [0, 0.05) is 42.3 Å². The maximum atomic E-state index is 12.8. The van der Waals surface area contributed by atoms with E-state index in [2.05, 4.69) is 10.3 Å². The van der Waals surface area contributed by atoms with Gasteiger partial charge < -0.3 is 15.0 Å². The fourth-order valence-corrected chi connectivity index (χ4v) is 4.16. The fraction of sp³-hybridized carbons (Fsp3) is 0.381. The average molecular weight is 413 g/mol. The predicted molar refractivity (Wildman–Crippen MR) is 113 cm³/mol. The van der Waals surface area contributed by atoms with Gasteiger partial charge in [-0.05, 0) is 18.1 Å². The molecular weight excluding hydrogens is 388 g/mol. The molecule has 152 valence electrons. The molecule has 0 unspecified atom stereocenters. The van der Waals surface area contributed by atoms with Crippen molar-refractivity contribution in [2.45, 2.75) is 20.3 Å². The highest BCUT2D eigenvalue weighted by Crippen LogP contribution is 2.25. The van der Waals surface area contributed by atoms with Gasteiger partial charge in [0.15, 0.2) is 4.96 Å². The Kier molecular flexibility index (Phi) is 5.64. The van der Waals surface area contributed by atoms with Crippen molar-refractivity contribution in [3.8, 4) is 11.3 Å². The van der Waals surface area contributed by atoms with Crippen LogP contribution in [-0.4, -0.2) is 52.4 Å². The second-order valence-electron chi connectivity index (χ2n) is 7.53. The first-order valence-electron chi connectivity index (χ1n) is 9.75. The summed E-state index contributed by atoms with van der Waals surface area (Å²) in [6, 6.07) is 7.61. The number of carbonyl (C=O) groups is 2. The summed E-state index contributed by atoms with van der Waals surface area (Å²) < 4.78 is 7.19. The highest BCUT2D eigenvalue weighted by Gasteiger charge is 2.22. The standard InChI is InChI=1S/C21H24N4O3S/c1-14(2)11-19(26)22-16-5-3-15(4-6-16)17-12-25-18(13-29-21(25)23-17)20(27)24-7-9-28-10-8-24/h3-6,12-14H,7-11H2,1-2H3,(H,22,26). The Hall–Kier alpha value is -2.71. The smallest absolute Gasteiger partial charge is 0.271 e. The van der Waals surface area contributed by atoms with Gasteiger partial charge in [0.05, 0.1) is 18.9 Å². The van der Waals surface area contributed by atoms with E-state index >= 15 is 0 Å². The van der Waals surface area contributed by atoms with Gasteiger partial charge in [-0.1, -0.05) is 26.0 Å². The molecule has 1 saturated heterocycles. The molecule has 2 amide bonds. The van der Waals surface area contributed by atoms with Crippen LogP contribution in [0.3, 0.4) is 0 Å². The van der Waals surface area contributed by atoms with E-state index in [0.717, 1.165) is 21.9 Å². The van der Waals surface area contributed by atoms with Crippen molar-refractivity contribution >= 4 is 33.8 Å². The molecule has 2 aromatic heterocycles. The summed E-state index contributed by atoms with van der Waals surface area (Å²) in [6.45, 7) is 6.42. The molecule has 0 atom stereocenters. The molecule has 7 nitrogen and oxygen atoms in total. The summed E-state index contributed by atoms with van der Waals surface area (Å²) >= 11 is 1.46. The summed E-state index contributed by atoms with van der Waals surface area (Å²) in [6.07, 6.45) is 2.39. The molecule has 0 bridgehead atoms. The summed E-state index contributed by atoms with van der Waals surface area (Å²) in [5, 5.41) is 4.77. The van der Waals surface area contributed by atoms with Crippen molar-refractivity contribution in [3.63, 3.8) is 0 Å². The molecule has 1 N–H and O–H groups in total. The fourth-order valence-electron chi connectivity index (χ4n) is 3.31. The van der Waals surface area contributed by atoms with Crippen molar-refractivity contribution in [2.75, 3.05) is 31.6 Å². The first kappa shape index (κ1) is 19.6. The van der Waals surface area contributed by atoms with Crippen molar-refractivity contribution < 1.29 is 14.3 Å². The quantitative estimate of drug-likeness (QED) is 0.696. The SMILES string of the molecule is CC(C)CC(=O)Nc1ccc(-c2cn3c(C(=O)N4CCOCC4)csc3n2)cc1. The largest absolute Gasteiger partial charge is 0.378 e. The van der Waals surface area contributed by atoms with Gasteiger partial charge in [-0.25, -0.2) is 4.98 Å². The number of thiazole rings is 1. The Balaban J connectivity index is 1.52. The molecule has 0 spiro atoms. The third kappa shape index (κ3) is 4.33. The number of imidazole rings is 1. The van der Waals surface area contributed by atoms with Crippen molar-refractivity contribution in [1.29, 1.82) is 0 Å². The Bertz CT molecular complexity index is 1020. The number of benzene rings is 1. The minimum atomic E-state index is 0.00622. The number of anilines is 1.